The van der Waals surface area contributed by atoms with Gasteiger partial charge >= 0.3 is 5.97 Å². The number of amides is 4. The second-order valence-corrected chi connectivity index (χ2v) is 7.57. The summed E-state index contributed by atoms with van der Waals surface area (Å²) >= 11 is 0. The van der Waals surface area contributed by atoms with E-state index in [9.17, 15) is 24.0 Å². The van der Waals surface area contributed by atoms with Gasteiger partial charge in [0.25, 0.3) is 0 Å². The van der Waals surface area contributed by atoms with Crippen LogP contribution in [-0.2, 0) is 42.9 Å². The lowest BCUT2D eigenvalue weighted by molar-refractivity contribution is -0.138. The Balaban J connectivity index is 3.40. The minimum atomic E-state index is -1.15. The van der Waals surface area contributed by atoms with Crippen LogP contribution in [0.15, 0.2) is 0 Å². The van der Waals surface area contributed by atoms with E-state index in [-0.39, 0.29) is 95.9 Å². The molecule has 0 bridgehead atoms. The Bertz CT molecular complexity index is 680. The van der Waals surface area contributed by atoms with E-state index in [0.29, 0.717) is 26.1 Å². The zero-order valence-electron chi connectivity index (χ0n) is 21.4. The van der Waals surface area contributed by atoms with Crippen molar-refractivity contribution in [3.05, 3.63) is 0 Å². The van der Waals surface area contributed by atoms with E-state index in [1.807, 2.05) is 0 Å². The largest absolute Gasteiger partial charge is 0.480 e. The van der Waals surface area contributed by atoms with Gasteiger partial charge in [-0.3, -0.25) is 24.0 Å². The molecule has 0 fully saturated rings. The molecule has 1 atom stereocenters. The van der Waals surface area contributed by atoms with Gasteiger partial charge in [0.15, 0.2) is 0 Å². The lowest BCUT2D eigenvalue weighted by atomic mass is 10.1. The van der Waals surface area contributed by atoms with Crippen molar-refractivity contribution in [2.45, 2.75) is 32.2 Å². The van der Waals surface area contributed by atoms with Gasteiger partial charge in [-0.1, -0.05) is 6.92 Å². The molecule has 0 aromatic carbocycles. The highest BCUT2D eigenvalue weighted by Crippen LogP contribution is 1.94. The maximum atomic E-state index is 11.7. The van der Waals surface area contributed by atoms with Crippen molar-refractivity contribution in [1.82, 2.24) is 21.3 Å². The van der Waals surface area contributed by atoms with Crippen molar-refractivity contribution in [1.29, 1.82) is 0 Å². The highest BCUT2D eigenvalue weighted by molar-refractivity contribution is 5.78. The average molecular weight is 536 g/mol. The van der Waals surface area contributed by atoms with Crippen LogP contribution in [0.4, 0.5) is 0 Å². The molecule has 7 N–H and O–H groups in total. The Hall–Kier alpha value is -2.85. The summed E-state index contributed by atoms with van der Waals surface area (Å²) < 4.78 is 20.9. The van der Waals surface area contributed by atoms with Crippen LogP contribution in [0.3, 0.4) is 0 Å². The monoisotopic (exact) mass is 535 g/mol. The number of carbonyl (C=O) groups excluding carboxylic acids is 4. The quantitative estimate of drug-likeness (QED) is 0.0690. The molecule has 0 saturated carbocycles. The SMILES string of the molecule is CCC(=O)NCCNC(=O)COCCOCCNC(=O)COCCOCCNC(=O)CCC(N)C(=O)O. The highest BCUT2D eigenvalue weighted by Gasteiger charge is 2.13. The van der Waals surface area contributed by atoms with Gasteiger partial charge in [-0.05, 0) is 6.42 Å². The number of carboxylic acid groups (broad SMARTS) is 1. The number of hydrogen-bond acceptors (Lipinski definition) is 10. The van der Waals surface area contributed by atoms with Crippen LogP contribution in [0, 0.1) is 0 Å². The molecule has 214 valence electrons. The summed E-state index contributed by atoms with van der Waals surface area (Å²) in [4.78, 5) is 56.3. The molecule has 37 heavy (non-hydrogen) atoms. The Kier molecular flexibility index (Phi) is 21.7. The summed E-state index contributed by atoms with van der Waals surface area (Å²) in [5, 5.41) is 19.1. The fourth-order valence-corrected chi connectivity index (χ4v) is 2.42. The third-order valence-electron chi connectivity index (χ3n) is 4.44. The maximum absolute atomic E-state index is 11.7. The summed E-state index contributed by atoms with van der Waals surface area (Å²) in [5.74, 6) is -2.12. The molecule has 15 nitrogen and oxygen atoms in total. The number of rotatable bonds is 24. The molecule has 15 heteroatoms. The van der Waals surface area contributed by atoms with Crippen molar-refractivity contribution >= 4 is 29.6 Å². The number of nitrogens with two attached hydrogens (primary N) is 1. The van der Waals surface area contributed by atoms with E-state index in [1.165, 1.54) is 0 Å². The van der Waals surface area contributed by atoms with Gasteiger partial charge in [-0.2, -0.15) is 0 Å². The third kappa shape index (κ3) is 23.3. The zero-order valence-corrected chi connectivity index (χ0v) is 21.4. The van der Waals surface area contributed by atoms with E-state index in [0.717, 1.165) is 0 Å². The van der Waals surface area contributed by atoms with Crippen molar-refractivity contribution in [3.8, 4) is 0 Å². The smallest absolute Gasteiger partial charge is 0.320 e. The number of nitrogens with one attached hydrogen (secondary N) is 4. The average Bonchev–Trinajstić information content (AvgIpc) is 2.87. The van der Waals surface area contributed by atoms with Gasteiger partial charge in [0.05, 0.1) is 39.6 Å². The second kappa shape index (κ2) is 23.5. The number of carboxylic acids is 1. The van der Waals surface area contributed by atoms with Crippen LogP contribution in [0.2, 0.25) is 0 Å². The van der Waals surface area contributed by atoms with Gasteiger partial charge in [0.1, 0.15) is 19.3 Å². The normalized spacial score (nSPS) is 11.4. The van der Waals surface area contributed by atoms with Crippen LogP contribution in [0.25, 0.3) is 0 Å². The fraction of sp³-hybridized carbons (Fsp3) is 0.773. The third-order valence-corrected chi connectivity index (χ3v) is 4.44. The highest BCUT2D eigenvalue weighted by atomic mass is 16.5. The first kappa shape index (κ1) is 34.1. The molecule has 0 aliphatic rings. The van der Waals surface area contributed by atoms with Crippen molar-refractivity contribution in [2.24, 2.45) is 5.73 Å². The lowest BCUT2D eigenvalue weighted by Gasteiger charge is -2.09. The number of aliphatic carboxylic acids is 1. The van der Waals surface area contributed by atoms with Crippen molar-refractivity contribution < 1.29 is 48.0 Å². The first-order chi connectivity index (χ1) is 17.8. The summed E-state index contributed by atoms with van der Waals surface area (Å²) in [6.07, 6.45) is 0.475. The molecule has 0 radical (unpaired) electrons. The Morgan fingerprint density at radius 2 is 1.08 bits per heavy atom. The molecular formula is C22H41N5O10. The van der Waals surface area contributed by atoms with E-state index in [1.54, 1.807) is 6.92 Å². The van der Waals surface area contributed by atoms with Gasteiger partial charge in [0.2, 0.25) is 23.6 Å². The van der Waals surface area contributed by atoms with Crippen molar-refractivity contribution in [2.75, 3.05) is 79.0 Å². The molecule has 0 saturated heterocycles. The summed E-state index contributed by atoms with van der Waals surface area (Å²) in [6.45, 7) is 4.19. The topological polar surface area (TPSA) is 217 Å². The zero-order chi connectivity index (χ0) is 27.7. The Morgan fingerprint density at radius 1 is 0.649 bits per heavy atom. The molecule has 1 unspecified atom stereocenters. The Morgan fingerprint density at radius 3 is 1.57 bits per heavy atom. The van der Waals surface area contributed by atoms with Crippen LogP contribution >= 0.6 is 0 Å². The number of ether oxygens (including phenoxy) is 4. The Labute approximate surface area is 216 Å². The van der Waals surface area contributed by atoms with Crippen LogP contribution in [-0.4, -0.2) is 120 Å². The van der Waals surface area contributed by atoms with Gasteiger partial charge < -0.3 is 51.1 Å². The van der Waals surface area contributed by atoms with Crippen LogP contribution in [0.1, 0.15) is 26.2 Å². The lowest BCUT2D eigenvalue weighted by Crippen LogP contribution is -2.36. The molecule has 0 aliphatic carbocycles. The fourth-order valence-electron chi connectivity index (χ4n) is 2.42. The number of carbonyl (C=O) groups is 5. The molecule has 0 aliphatic heterocycles. The van der Waals surface area contributed by atoms with Crippen molar-refractivity contribution in [3.63, 3.8) is 0 Å². The van der Waals surface area contributed by atoms with Gasteiger partial charge in [-0.25, -0.2) is 0 Å². The minimum absolute atomic E-state index is 0.0202. The summed E-state index contributed by atoms with van der Waals surface area (Å²) in [7, 11) is 0. The molecule has 0 rings (SSSR count). The molecule has 4 amide bonds. The first-order valence-corrected chi connectivity index (χ1v) is 12.1. The maximum Gasteiger partial charge on any atom is 0.320 e. The molecule has 0 heterocycles. The van der Waals surface area contributed by atoms with E-state index >= 15 is 0 Å². The van der Waals surface area contributed by atoms with Gasteiger partial charge in [0, 0.05) is 39.0 Å². The molecule has 0 aromatic heterocycles. The summed E-state index contributed by atoms with van der Waals surface area (Å²) in [6, 6.07) is -1.06. The first-order valence-electron chi connectivity index (χ1n) is 12.1. The second-order valence-electron chi connectivity index (χ2n) is 7.57. The number of hydrogen-bond donors (Lipinski definition) is 6. The van der Waals surface area contributed by atoms with E-state index in [2.05, 4.69) is 21.3 Å². The summed E-state index contributed by atoms with van der Waals surface area (Å²) in [5.41, 5.74) is 5.32. The molecular weight excluding hydrogens is 494 g/mol. The van der Waals surface area contributed by atoms with E-state index < -0.39 is 12.0 Å². The van der Waals surface area contributed by atoms with Gasteiger partial charge in [-0.15, -0.1) is 0 Å². The molecule has 0 spiro atoms. The van der Waals surface area contributed by atoms with Crippen LogP contribution in [0.5, 0.6) is 0 Å². The van der Waals surface area contributed by atoms with Crippen LogP contribution < -0.4 is 27.0 Å². The predicted octanol–water partition coefficient (Wildman–Crippen LogP) is -2.88. The molecule has 0 aromatic rings. The standard InChI is InChI=1S/C22H41N5O10/c1-2-18(28)24-5-6-25-20(30)15-36-13-12-35-10-8-27-21(31)16-37-14-11-34-9-7-26-19(29)4-3-17(23)22(32)33/h17H,2-16,23H2,1H3,(H,24,28)(H,25,30)(H,26,29)(H,27,31)(H,32,33). The van der Waals surface area contributed by atoms with E-state index in [4.69, 9.17) is 29.8 Å². The predicted molar refractivity (Wildman–Crippen MR) is 130 cm³/mol. The minimum Gasteiger partial charge on any atom is -0.480 e.